The highest BCUT2D eigenvalue weighted by molar-refractivity contribution is 5.93. The molecule has 0 aliphatic carbocycles. The molecule has 0 unspecified atom stereocenters. The van der Waals surface area contributed by atoms with E-state index in [9.17, 15) is 4.79 Å². The maximum Gasteiger partial charge on any atom is 0.180 e. The van der Waals surface area contributed by atoms with Crippen LogP contribution in [0, 0.1) is 0 Å². The second-order valence-electron chi connectivity index (χ2n) is 4.54. The van der Waals surface area contributed by atoms with E-state index in [4.69, 9.17) is 4.74 Å². The molecule has 0 saturated heterocycles. The van der Waals surface area contributed by atoms with E-state index in [1.165, 1.54) is 6.92 Å². The Morgan fingerprint density at radius 3 is 2.75 bits per heavy atom. The van der Waals surface area contributed by atoms with E-state index in [0.717, 1.165) is 5.56 Å². The van der Waals surface area contributed by atoms with Crippen LogP contribution in [0.1, 0.15) is 23.0 Å². The highest BCUT2D eigenvalue weighted by Crippen LogP contribution is 2.21. The molecule has 1 aromatic carbocycles. The Hall–Kier alpha value is -2.62. The van der Waals surface area contributed by atoms with E-state index >= 15 is 0 Å². The minimum absolute atomic E-state index is 0.0160. The van der Waals surface area contributed by atoms with Crippen molar-refractivity contribution in [3.63, 3.8) is 0 Å². The standard InChI is InChI=1S/C16H14N2O2/c1-12(19)14-10-17-16-15(8-5-9-18(14)16)20-11-13-6-3-2-4-7-13/h2-10H,11H2,1H3. The first-order valence-electron chi connectivity index (χ1n) is 6.39. The summed E-state index contributed by atoms with van der Waals surface area (Å²) >= 11 is 0. The Bertz CT molecular complexity index is 748. The molecule has 0 radical (unpaired) electrons. The summed E-state index contributed by atoms with van der Waals surface area (Å²) in [5.74, 6) is 0.654. The molecule has 0 aliphatic heterocycles. The SMILES string of the molecule is CC(=O)c1cnc2c(OCc3ccccc3)cccn12. The molecule has 0 fully saturated rings. The van der Waals surface area contributed by atoms with E-state index in [1.54, 1.807) is 10.6 Å². The van der Waals surface area contributed by atoms with Crippen LogP contribution in [0.15, 0.2) is 54.9 Å². The van der Waals surface area contributed by atoms with E-state index in [1.807, 2.05) is 48.7 Å². The van der Waals surface area contributed by atoms with Crippen molar-refractivity contribution in [3.8, 4) is 5.75 Å². The monoisotopic (exact) mass is 266 g/mol. The van der Waals surface area contributed by atoms with Gasteiger partial charge in [0.05, 0.1) is 6.20 Å². The minimum atomic E-state index is -0.0160. The Balaban J connectivity index is 1.90. The quantitative estimate of drug-likeness (QED) is 0.681. The predicted octanol–water partition coefficient (Wildman–Crippen LogP) is 3.12. The maximum atomic E-state index is 11.5. The molecule has 0 atom stereocenters. The van der Waals surface area contributed by atoms with Crippen molar-refractivity contribution < 1.29 is 9.53 Å². The van der Waals surface area contributed by atoms with Crippen LogP contribution in [0.4, 0.5) is 0 Å². The fourth-order valence-corrected chi connectivity index (χ4v) is 2.09. The number of carbonyl (C=O) groups excluding carboxylic acids is 1. The minimum Gasteiger partial charge on any atom is -0.485 e. The van der Waals surface area contributed by atoms with Crippen LogP contribution < -0.4 is 4.74 Å². The van der Waals surface area contributed by atoms with Gasteiger partial charge in [0.25, 0.3) is 0 Å². The largest absolute Gasteiger partial charge is 0.485 e. The van der Waals surface area contributed by atoms with Crippen LogP contribution >= 0.6 is 0 Å². The van der Waals surface area contributed by atoms with Crippen molar-refractivity contribution in [2.24, 2.45) is 0 Å². The summed E-state index contributed by atoms with van der Waals surface area (Å²) in [5.41, 5.74) is 2.31. The second-order valence-corrected chi connectivity index (χ2v) is 4.54. The fraction of sp³-hybridized carbons (Fsp3) is 0.125. The average Bonchev–Trinajstić information content (AvgIpc) is 2.91. The lowest BCUT2D eigenvalue weighted by molar-refractivity contribution is 0.101. The number of hydrogen-bond acceptors (Lipinski definition) is 3. The summed E-state index contributed by atoms with van der Waals surface area (Å²) in [6, 6.07) is 13.6. The zero-order valence-electron chi connectivity index (χ0n) is 11.1. The van der Waals surface area contributed by atoms with Crippen molar-refractivity contribution in [2.45, 2.75) is 13.5 Å². The van der Waals surface area contributed by atoms with Gasteiger partial charge in [-0.1, -0.05) is 30.3 Å². The van der Waals surface area contributed by atoms with Crippen LogP contribution in [0.25, 0.3) is 5.65 Å². The van der Waals surface area contributed by atoms with Crippen LogP contribution in [0.5, 0.6) is 5.75 Å². The number of nitrogens with zero attached hydrogens (tertiary/aromatic N) is 2. The average molecular weight is 266 g/mol. The first-order valence-corrected chi connectivity index (χ1v) is 6.39. The van der Waals surface area contributed by atoms with Gasteiger partial charge in [-0.2, -0.15) is 0 Å². The van der Waals surface area contributed by atoms with Crippen molar-refractivity contribution in [2.75, 3.05) is 0 Å². The van der Waals surface area contributed by atoms with Crippen LogP contribution in [-0.2, 0) is 6.61 Å². The fourth-order valence-electron chi connectivity index (χ4n) is 2.09. The molecule has 0 bridgehead atoms. The zero-order valence-corrected chi connectivity index (χ0v) is 11.1. The lowest BCUT2D eigenvalue weighted by Crippen LogP contribution is -2.00. The van der Waals surface area contributed by atoms with Crippen molar-refractivity contribution in [3.05, 3.63) is 66.1 Å². The molecule has 100 valence electrons. The summed E-state index contributed by atoms with van der Waals surface area (Å²) in [6.45, 7) is 2.00. The van der Waals surface area contributed by atoms with Gasteiger partial charge in [-0.25, -0.2) is 4.98 Å². The summed E-state index contributed by atoms with van der Waals surface area (Å²) in [7, 11) is 0. The number of aromatic nitrogens is 2. The van der Waals surface area contributed by atoms with Gasteiger partial charge in [0.15, 0.2) is 17.2 Å². The Morgan fingerprint density at radius 2 is 2.00 bits per heavy atom. The van der Waals surface area contributed by atoms with Gasteiger partial charge in [-0.05, 0) is 17.7 Å². The molecule has 3 rings (SSSR count). The van der Waals surface area contributed by atoms with E-state index in [0.29, 0.717) is 23.7 Å². The number of rotatable bonds is 4. The van der Waals surface area contributed by atoms with Crippen molar-refractivity contribution in [1.29, 1.82) is 0 Å². The van der Waals surface area contributed by atoms with Crippen LogP contribution in [-0.4, -0.2) is 15.2 Å². The van der Waals surface area contributed by atoms with Gasteiger partial charge < -0.3 is 4.74 Å². The summed E-state index contributed by atoms with van der Waals surface area (Å²) in [5, 5.41) is 0. The van der Waals surface area contributed by atoms with Gasteiger partial charge in [0.2, 0.25) is 0 Å². The number of benzene rings is 1. The molecule has 0 amide bonds. The lowest BCUT2D eigenvalue weighted by Gasteiger charge is -2.07. The van der Waals surface area contributed by atoms with Crippen LogP contribution in [0.2, 0.25) is 0 Å². The highest BCUT2D eigenvalue weighted by Gasteiger charge is 2.11. The summed E-state index contributed by atoms with van der Waals surface area (Å²) < 4.78 is 7.56. The summed E-state index contributed by atoms with van der Waals surface area (Å²) in [6.07, 6.45) is 3.39. The van der Waals surface area contributed by atoms with Crippen molar-refractivity contribution >= 4 is 11.4 Å². The molecular weight excluding hydrogens is 252 g/mol. The normalized spacial score (nSPS) is 10.7. The van der Waals surface area contributed by atoms with Gasteiger partial charge in [-0.3, -0.25) is 9.20 Å². The molecule has 0 saturated carbocycles. The van der Waals surface area contributed by atoms with Gasteiger partial charge in [-0.15, -0.1) is 0 Å². The number of carbonyl (C=O) groups is 1. The maximum absolute atomic E-state index is 11.5. The van der Waals surface area contributed by atoms with Gasteiger partial charge >= 0.3 is 0 Å². The molecule has 0 N–H and O–H groups in total. The Morgan fingerprint density at radius 1 is 1.20 bits per heavy atom. The molecule has 20 heavy (non-hydrogen) atoms. The number of Topliss-reactive ketones (excluding diaryl/α,β-unsaturated/α-hetero) is 1. The topological polar surface area (TPSA) is 43.6 Å². The molecule has 2 heterocycles. The van der Waals surface area contributed by atoms with E-state index < -0.39 is 0 Å². The third-order valence-corrected chi connectivity index (χ3v) is 3.10. The van der Waals surface area contributed by atoms with Gasteiger partial charge in [0, 0.05) is 13.1 Å². The van der Waals surface area contributed by atoms with E-state index in [-0.39, 0.29) is 5.78 Å². The second kappa shape index (κ2) is 5.17. The Kier molecular flexibility index (Phi) is 3.21. The van der Waals surface area contributed by atoms with E-state index in [2.05, 4.69) is 4.98 Å². The number of fused-ring (bicyclic) bond motifs is 1. The molecule has 4 heteroatoms. The van der Waals surface area contributed by atoms with Crippen molar-refractivity contribution in [1.82, 2.24) is 9.38 Å². The number of ketones is 1. The number of pyridine rings is 1. The molecule has 0 spiro atoms. The Labute approximate surface area is 116 Å². The predicted molar refractivity (Wildman–Crippen MR) is 76.0 cm³/mol. The number of ether oxygens (including phenoxy) is 1. The molecule has 4 nitrogen and oxygen atoms in total. The molecular formula is C16H14N2O2. The molecule has 2 aromatic heterocycles. The third-order valence-electron chi connectivity index (χ3n) is 3.10. The van der Waals surface area contributed by atoms with Crippen LogP contribution in [0.3, 0.4) is 0 Å². The lowest BCUT2D eigenvalue weighted by atomic mass is 10.2. The summed E-state index contributed by atoms with van der Waals surface area (Å²) in [4.78, 5) is 15.8. The third kappa shape index (κ3) is 2.28. The smallest absolute Gasteiger partial charge is 0.180 e. The van der Waals surface area contributed by atoms with Gasteiger partial charge in [0.1, 0.15) is 12.3 Å². The number of imidazole rings is 1. The highest BCUT2D eigenvalue weighted by atomic mass is 16.5. The molecule has 3 aromatic rings. The molecule has 0 aliphatic rings. The first-order chi connectivity index (χ1) is 9.75. The number of hydrogen-bond donors (Lipinski definition) is 0. The first kappa shape index (κ1) is 12.4. The zero-order chi connectivity index (χ0) is 13.9.